The number of pyridine rings is 2. The molecule has 2 aromatic carbocycles. The molecule has 44 heavy (non-hydrogen) atoms. The quantitative estimate of drug-likeness (QED) is 0.217. The molecule has 0 spiro atoms. The van der Waals surface area contributed by atoms with E-state index in [0.29, 0.717) is 30.8 Å². The van der Waals surface area contributed by atoms with Crippen molar-refractivity contribution in [2.45, 2.75) is 59.2 Å². The molecule has 1 aliphatic heterocycles. The number of carbonyl (C=O) groups excluding carboxylic acids is 1. The van der Waals surface area contributed by atoms with Crippen LogP contribution in [0.1, 0.15) is 64.9 Å². The minimum absolute atomic E-state index is 0.248. The topological polar surface area (TPSA) is 95.1 Å². The first-order chi connectivity index (χ1) is 21.1. The lowest BCUT2D eigenvalue weighted by Crippen LogP contribution is -2.43. The number of nitrogens with two attached hydrogens (primary N) is 1. The summed E-state index contributed by atoms with van der Waals surface area (Å²) in [5.41, 5.74) is 14.2. The molecule has 7 nitrogen and oxygen atoms in total. The van der Waals surface area contributed by atoms with Gasteiger partial charge in [-0.15, -0.1) is 0 Å². The molecule has 0 bridgehead atoms. The van der Waals surface area contributed by atoms with Crippen LogP contribution in [0.4, 0.5) is 4.39 Å². The van der Waals surface area contributed by atoms with E-state index in [-0.39, 0.29) is 18.3 Å². The molecule has 226 valence electrons. The Balaban J connectivity index is 1.52. The monoisotopic (exact) mass is 591 g/mol. The summed E-state index contributed by atoms with van der Waals surface area (Å²) < 4.78 is 22.0. The first-order valence-electron chi connectivity index (χ1n) is 15.1. The number of carbonyl (C=O) groups is 1. The maximum atomic E-state index is 13.7. The third kappa shape index (κ3) is 5.87. The fourth-order valence-electron chi connectivity index (χ4n) is 6.38. The third-order valence-corrected chi connectivity index (χ3v) is 8.40. The predicted octanol–water partition coefficient (Wildman–Crippen LogP) is 6.43. The number of rotatable bonds is 8. The molecule has 0 aliphatic carbocycles. The van der Waals surface area contributed by atoms with E-state index in [1.165, 1.54) is 17.7 Å². The number of amides is 1. The van der Waals surface area contributed by atoms with E-state index >= 15 is 0 Å². The Morgan fingerprint density at radius 3 is 2.64 bits per heavy atom. The number of aryl methyl sites for hydroxylation is 1. The van der Waals surface area contributed by atoms with E-state index in [9.17, 15) is 9.18 Å². The van der Waals surface area contributed by atoms with Crippen molar-refractivity contribution in [3.8, 4) is 11.1 Å². The number of aromatic nitrogens is 3. The molecule has 0 saturated carbocycles. The zero-order valence-electron chi connectivity index (χ0n) is 25.7. The molecule has 4 heterocycles. The van der Waals surface area contributed by atoms with Crippen LogP contribution < -0.4 is 11.1 Å². The Bertz CT molecular complexity index is 1850. The Morgan fingerprint density at radius 1 is 1.11 bits per heavy atom. The first-order valence-corrected chi connectivity index (χ1v) is 15.1. The van der Waals surface area contributed by atoms with E-state index < -0.39 is 11.4 Å². The summed E-state index contributed by atoms with van der Waals surface area (Å²) in [7, 11) is 0. The number of primary amides is 1. The zero-order chi connectivity index (χ0) is 31.0. The molecule has 1 atom stereocenters. The molecule has 5 aromatic rings. The molecule has 0 radical (unpaired) electrons. The maximum absolute atomic E-state index is 13.7. The highest BCUT2D eigenvalue weighted by Crippen LogP contribution is 2.40. The summed E-state index contributed by atoms with van der Waals surface area (Å²) in [6.07, 6.45) is 5.08. The molecular formula is C36H38FN5O2. The molecule has 0 unspecified atom stereocenters. The summed E-state index contributed by atoms with van der Waals surface area (Å²) in [4.78, 5) is 22.7. The van der Waals surface area contributed by atoms with Crippen molar-refractivity contribution in [2.24, 2.45) is 11.7 Å². The van der Waals surface area contributed by atoms with Crippen LogP contribution in [-0.4, -0.2) is 27.2 Å². The number of nitrogens with one attached hydrogen (secondary N) is 1. The minimum atomic E-state index is -0.642. The number of hydrogen-bond donors (Lipinski definition) is 2. The van der Waals surface area contributed by atoms with Crippen molar-refractivity contribution < 1.29 is 13.9 Å². The second-order valence-electron chi connectivity index (χ2n) is 12.4. The number of halogens is 1. The molecule has 0 fully saturated rings. The molecule has 1 aliphatic rings. The lowest BCUT2D eigenvalue weighted by molar-refractivity contribution is 0.0931. The number of benzene rings is 2. The summed E-state index contributed by atoms with van der Waals surface area (Å²) in [5, 5.41) is 4.60. The second kappa shape index (κ2) is 11.9. The highest BCUT2D eigenvalue weighted by molar-refractivity contribution is 6.03. The SMILES string of the molecule is Cc1cc(Cn2ccc3cc(-c4c5c(nc(CC(C)C)c4C(N)=O)[C@](C)(Cc4ccc(F)cc4)NCOC5)ccc32)ccn1. The van der Waals surface area contributed by atoms with Crippen LogP contribution in [0.2, 0.25) is 0 Å². The standard InChI is InChI=1S/C36H38FN5O2/c1-22(2)15-30-33(35(38)43)32(27-7-10-31-26(17-27)12-14-42(31)19-25-11-13-39-23(3)16-25)29-20-44-21-40-36(4,34(29)41-30)18-24-5-8-28(37)9-6-24/h5-14,16-17,22,40H,15,18-21H2,1-4H3,(H2,38,43)/t36-/m0/s1. The minimum Gasteiger partial charge on any atom is -0.366 e. The Kier molecular flexibility index (Phi) is 8.05. The van der Waals surface area contributed by atoms with E-state index in [1.54, 1.807) is 12.1 Å². The number of fused-ring (bicyclic) bond motifs is 2. The normalized spacial score (nSPS) is 16.7. The molecular weight excluding hydrogens is 553 g/mol. The number of ether oxygens (including phenoxy) is 1. The van der Waals surface area contributed by atoms with Gasteiger partial charge in [-0.05, 0) is 91.8 Å². The van der Waals surface area contributed by atoms with Gasteiger partial charge >= 0.3 is 0 Å². The van der Waals surface area contributed by atoms with Crippen molar-refractivity contribution in [3.05, 3.63) is 118 Å². The smallest absolute Gasteiger partial charge is 0.251 e. The Hall–Kier alpha value is -4.40. The summed E-state index contributed by atoms with van der Waals surface area (Å²) in [5.74, 6) is -0.533. The van der Waals surface area contributed by atoms with Gasteiger partial charge in [0.1, 0.15) is 5.82 Å². The lowest BCUT2D eigenvalue weighted by Gasteiger charge is -2.32. The van der Waals surface area contributed by atoms with Gasteiger partial charge in [0, 0.05) is 46.7 Å². The summed E-state index contributed by atoms with van der Waals surface area (Å²) in [6, 6.07) is 19.1. The van der Waals surface area contributed by atoms with Gasteiger partial charge in [0.2, 0.25) is 0 Å². The van der Waals surface area contributed by atoms with Gasteiger partial charge in [-0.3, -0.25) is 20.1 Å². The van der Waals surface area contributed by atoms with Gasteiger partial charge in [-0.2, -0.15) is 0 Å². The van der Waals surface area contributed by atoms with Crippen LogP contribution >= 0.6 is 0 Å². The Morgan fingerprint density at radius 2 is 1.91 bits per heavy atom. The number of nitrogens with zero attached hydrogens (tertiary/aromatic N) is 3. The fourth-order valence-corrected chi connectivity index (χ4v) is 6.38. The molecule has 1 amide bonds. The van der Waals surface area contributed by atoms with Crippen LogP contribution in [-0.2, 0) is 36.3 Å². The maximum Gasteiger partial charge on any atom is 0.251 e. The fraction of sp³-hybridized carbons (Fsp3) is 0.306. The van der Waals surface area contributed by atoms with Crippen LogP contribution in [0.3, 0.4) is 0 Å². The van der Waals surface area contributed by atoms with Gasteiger partial charge in [0.15, 0.2) is 0 Å². The highest BCUT2D eigenvalue weighted by atomic mass is 19.1. The van der Waals surface area contributed by atoms with E-state index in [2.05, 4.69) is 72.2 Å². The van der Waals surface area contributed by atoms with Gasteiger partial charge in [0.05, 0.1) is 35.8 Å². The molecule has 8 heteroatoms. The highest BCUT2D eigenvalue weighted by Gasteiger charge is 2.37. The Labute approximate surface area is 257 Å². The van der Waals surface area contributed by atoms with Crippen molar-refractivity contribution in [1.29, 1.82) is 0 Å². The van der Waals surface area contributed by atoms with E-state index in [0.717, 1.165) is 51.1 Å². The summed E-state index contributed by atoms with van der Waals surface area (Å²) in [6.45, 7) is 9.60. The van der Waals surface area contributed by atoms with Crippen LogP contribution in [0, 0.1) is 18.7 Å². The lowest BCUT2D eigenvalue weighted by atomic mass is 9.82. The molecule has 6 rings (SSSR count). The van der Waals surface area contributed by atoms with Crippen molar-refractivity contribution >= 4 is 16.8 Å². The second-order valence-corrected chi connectivity index (χ2v) is 12.4. The van der Waals surface area contributed by atoms with Crippen molar-refractivity contribution in [2.75, 3.05) is 6.73 Å². The van der Waals surface area contributed by atoms with Gasteiger partial charge in [-0.1, -0.05) is 32.0 Å². The van der Waals surface area contributed by atoms with Gasteiger partial charge in [0.25, 0.3) is 5.91 Å². The van der Waals surface area contributed by atoms with Crippen molar-refractivity contribution in [3.63, 3.8) is 0 Å². The largest absolute Gasteiger partial charge is 0.366 e. The zero-order valence-corrected chi connectivity index (χ0v) is 25.7. The molecule has 3 aromatic heterocycles. The third-order valence-electron chi connectivity index (χ3n) is 8.40. The molecule has 0 saturated heterocycles. The van der Waals surface area contributed by atoms with Gasteiger partial charge < -0.3 is 15.0 Å². The van der Waals surface area contributed by atoms with Crippen LogP contribution in [0.15, 0.2) is 73.1 Å². The van der Waals surface area contributed by atoms with Crippen LogP contribution in [0.25, 0.3) is 22.0 Å². The first kappa shape index (κ1) is 29.7. The average molecular weight is 592 g/mol. The van der Waals surface area contributed by atoms with Crippen LogP contribution in [0.5, 0.6) is 0 Å². The summed E-state index contributed by atoms with van der Waals surface area (Å²) >= 11 is 0. The molecule has 3 N–H and O–H groups in total. The van der Waals surface area contributed by atoms with Gasteiger partial charge in [-0.25, -0.2) is 4.39 Å². The van der Waals surface area contributed by atoms with Crippen molar-refractivity contribution in [1.82, 2.24) is 19.9 Å². The average Bonchev–Trinajstić information content (AvgIpc) is 3.29. The predicted molar refractivity (Wildman–Crippen MR) is 171 cm³/mol. The van der Waals surface area contributed by atoms with E-state index in [1.807, 2.05) is 19.2 Å². The van der Waals surface area contributed by atoms with E-state index in [4.69, 9.17) is 15.5 Å². The number of hydrogen-bond acceptors (Lipinski definition) is 5.